The van der Waals surface area contributed by atoms with E-state index in [1.807, 2.05) is 48.0 Å². The number of aromatic nitrogens is 3. The minimum absolute atomic E-state index is 0.201. The van der Waals surface area contributed by atoms with Crippen LogP contribution in [0.2, 0.25) is 5.02 Å². The Balaban J connectivity index is 1.30. The van der Waals surface area contributed by atoms with Crippen LogP contribution in [0.4, 0.5) is 17.2 Å². The molecular formula is C27H25ClN6OS2. The van der Waals surface area contributed by atoms with Gasteiger partial charge in [-0.25, -0.2) is 15.0 Å². The molecule has 3 heterocycles. The van der Waals surface area contributed by atoms with Gasteiger partial charge in [0, 0.05) is 46.6 Å². The Morgan fingerprint density at radius 1 is 1.08 bits per heavy atom. The summed E-state index contributed by atoms with van der Waals surface area (Å²) < 4.78 is 1.11. The minimum Gasteiger partial charge on any atom is -0.382 e. The van der Waals surface area contributed by atoms with Crippen molar-refractivity contribution in [1.82, 2.24) is 20.3 Å². The van der Waals surface area contributed by atoms with Crippen molar-refractivity contribution in [1.29, 1.82) is 0 Å². The van der Waals surface area contributed by atoms with Crippen molar-refractivity contribution in [2.45, 2.75) is 26.3 Å². The summed E-state index contributed by atoms with van der Waals surface area (Å²) in [5.74, 6) is 0.513. The van der Waals surface area contributed by atoms with Crippen molar-refractivity contribution < 1.29 is 4.79 Å². The molecule has 0 saturated carbocycles. The summed E-state index contributed by atoms with van der Waals surface area (Å²) in [6, 6.07) is 15.9. The van der Waals surface area contributed by atoms with Gasteiger partial charge in [-0.05, 0) is 56.2 Å². The molecule has 0 aliphatic rings. The Morgan fingerprint density at radius 2 is 1.97 bits per heavy atom. The van der Waals surface area contributed by atoms with Crippen molar-refractivity contribution in [3.8, 4) is 10.6 Å². The van der Waals surface area contributed by atoms with Crippen LogP contribution in [-0.4, -0.2) is 33.4 Å². The van der Waals surface area contributed by atoms with Gasteiger partial charge in [-0.1, -0.05) is 23.7 Å². The third-order valence-electron chi connectivity index (χ3n) is 5.51. The highest BCUT2D eigenvalue weighted by Crippen LogP contribution is 2.33. The first-order valence-electron chi connectivity index (χ1n) is 11.8. The lowest BCUT2D eigenvalue weighted by Gasteiger charge is -2.15. The van der Waals surface area contributed by atoms with Crippen molar-refractivity contribution in [3.63, 3.8) is 0 Å². The molecule has 0 spiro atoms. The molecule has 3 N–H and O–H groups in total. The molecule has 7 nitrogen and oxygen atoms in total. The van der Waals surface area contributed by atoms with Crippen molar-refractivity contribution in [2.75, 3.05) is 17.2 Å². The second-order valence-electron chi connectivity index (χ2n) is 8.75. The molecule has 1 amide bonds. The van der Waals surface area contributed by atoms with Crippen LogP contribution in [-0.2, 0) is 6.42 Å². The molecule has 0 saturated heterocycles. The second kappa shape index (κ2) is 11.2. The maximum absolute atomic E-state index is 12.7. The molecule has 0 bridgehead atoms. The monoisotopic (exact) mass is 548 g/mol. The Bertz CT molecular complexity index is 1550. The van der Waals surface area contributed by atoms with E-state index >= 15 is 0 Å². The fourth-order valence-corrected chi connectivity index (χ4v) is 5.56. The number of benzene rings is 2. The average molecular weight is 549 g/mol. The van der Waals surface area contributed by atoms with Crippen LogP contribution in [0.15, 0.2) is 65.6 Å². The molecule has 0 fully saturated rings. The maximum Gasteiger partial charge on any atom is 0.270 e. The van der Waals surface area contributed by atoms with E-state index in [4.69, 9.17) is 11.6 Å². The average Bonchev–Trinajstić information content (AvgIpc) is 3.54. The second-order valence-corrected chi connectivity index (χ2v) is 10.9. The number of anilines is 3. The van der Waals surface area contributed by atoms with E-state index < -0.39 is 0 Å². The number of carbonyl (C=O) groups excluding carboxylic acids is 1. The number of pyridine rings is 1. The van der Waals surface area contributed by atoms with Gasteiger partial charge < -0.3 is 16.0 Å². The number of hydrogen-bond acceptors (Lipinski definition) is 8. The molecule has 0 unspecified atom stereocenters. The molecular weight excluding hydrogens is 524 g/mol. The molecule has 0 aliphatic heterocycles. The molecule has 10 heteroatoms. The lowest BCUT2D eigenvalue weighted by Crippen LogP contribution is -2.25. The van der Waals surface area contributed by atoms with E-state index in [1.54, 1.807) is 22.9 Å². The summed E-state index contributed by atoms with van der Waals surface area (Å²) in [5, 5.41) is 13.0. The molecule has 5 rings (SSSR count). The zero-order valence-electron chi connectivity index (χ0n) is 20.3. The SMILES string of the molecule is CC(C)Nc1cc(Nc2ccc3ncsc3c2)ncc1-c1nc(C(=O)NCCc2cccc(Cl)c2)cs1. The molecule has 0 atom stereocenters. The number of fused-ring (bicyclic) bond motifs is 1. The van der Waals surface area contributed by atoms with Crippen LogP contribution < -0.4 is 16.0 Å². The predicted molar refractivity (Wildman–Crippen MR) is 154 cm³/mol. The van der Waals surface area contributed by atoms with E-state index in [-0.39, 0.29) is 11.9 Å². The van der Waals surface area contributed by atoms with E-state index in [0.29, 0.717) is 29.5 Å². The van der Waals surface area contributed by atoms with E-state index in [9.17, 15) is 4.79 Å². The number of halogens is 1. The zero-order chi connectivity index (χ0) is 25.8. The topological polar surface area (TPSA) is 91.8 Å². The third-order valence-corrected chi connectivity index (χ3v) is 7.41. The van der Waals surface area contributed by atoms with Crippen LogP contribution in [0.3, 0.4) is 0 Å². The zero-order valence-corrected chi connectivity index (χ0v) is 22.7. The summed E-state index contributed by atoms with van der Waals surface area (Å²) in [7, 11) is 0. The molecule has 3 aromatic heterocycles. The Labute approximate surface area is 228 Å². The highest BCUT2D eigenvalue weighted by molar-refractivity contribution is 7.16. The fourth-order valence-electron chi connectivity index (χ4n) is 3.81. The first kappa shape index (κ1) is 25.1. The van der Waals surface area contributed by atoms with Gasteiger partial charge >= 0.3 is 0 Å². The van der Waals surface area contributed by atoms with Gasteiger partial charge in [-0.3, -0.25) is 4.79 Å². The van der Waals surface area contributed by atoms with E-state index in [0.717, 1.165) is 37.7 Å². The van der Waals surface area contributed by atoms with Gasteiger partial charge in [0.05, 0.1) is 21.3 Å². The van der Waals surface area contributed by atoms with Gasteiger partial charge in [0.15, 0.2) is 0 Å². The quantitative estimate of drug-likeness (QED) is 0.183. The van der Waals surface area contributed by atoms with Crippen LogP contribution in [0.25, 0.3) is 20.8 Å². The highest BCUT2D eigenvalue weighted by atomic mass is 35.5. The first-order chi connectivity index (χ1) is 17.9. The number of rotatable bonds is 9. The lowest BCUT2D eigenvalue weighted by atomic mass is 10.1. The van der Waals surface area contributed by atoms with Gasteiger partial charge in [0.1, 0.15) is 16.5 Å². The highest BCUT2D eigenvalue weighted by Gasteiger charge is 2.16. The number of nitrogens with one attached hydrogen (secondary N) is 3. The molecule has 0 aliphatic carbocycles. The van der Waals surface area contributed by atoms with Crippen molar-refractivity contribution in [3.05, 3.63) is 81.9 Å². The van der Waals surface area contributed by atoms with E-state index in [1.165, 1.54) is 11.3 Å². The number of nitrogens with zero attached hydrogens (tertiary/aromatic N) is 3. The van der Waals surface area contributed by atoms with Crippen LogP contribution in [0.1, 0.15) is 29.9 Å². The molecule has 188 valence electrons. The van der Waals surface area contributed by atoms with Gasteiger partial charge in [-0.2, -0.15) is 0 Å². The summed E-state index contributed by atoms with van der Waals surface area (Å²) >= 11 is 9.07. The Kier molecular flexibility index (Phi) is 7.64. The smallest absolute Gasteiger partial charge is 0.270 e. The Morgan fingerprint density at radius 3 is 2.81 bits per heavy atom. The van der Waals surface area contributed by atoms with Crippen molar-refractivity contribution >= 4 is 67.6 Å². The van der Waals surface area contributed by atoms with Gasteiger partial charge in [-0.15, -0.1) is 22.7 Å². The number of amides is 1. The van der Waals surface area contributed by atoms with E-state index in [2.05, 4.69) is 50.8 Å². The summed E-state index contributed by atoms with van der Waals surface area (Å²) in [4.78, 5) is 26.3. The summed E-state index contributed by atoms with van der Waals surface area (Å²) in [6.07, 6.45) is 2.48. The Hall–Kier alpha value is -3.53. The predicted octanol–water partition coefficient (Wildman–Crippen LogP) is 7.00. The van der Waals surface area contributed by atoms with Crippen LogP contribution in [0.5, 0.6) is 0 Å². The van der Waals surface area contributed by atoms with Crippen LogP contribution >= 0.6 is 34.3 Å². The molecule has 37 heavy (non-hydrogen) atoms. The minimum atomic E-state index is -0.201. The number of thiazole rings is 2. The molecule has 0 radical (unpaired) electrons. The third kappa shape index (κ3) is 6.25. The summed E-state index contributed by atoms with van der Waals surface area (Å²) in [6.45, 7) is 4.66. The largest absolute Gasteiger partial charge is 0.382 e. The van der Waals surface area contributed by atoms with Gasteiger partial charge in [0.25, 0.3) is 5.91 Å². The van der Waals surface area contributed by atoms with Gasteiger partial charge in [0.2, 0.25) is 0 Å². The standard InChI is InChI=1S/C27H25ClN6OS2/c1-16(2)32-22-12-25(33-19-6-7-21-24(11-19)37-15-31-21)30-13-20(22)27-34-23(14-36-27)26(35)29-9-8-17-4-3-5-18(28)10-17/h3-7,10-16H,8-9H2,1-2H3,(H,29,35)(H2,30,32,33). The van der Waals surface area contributed by atoms with Crippen molar-refractivity contribution in [2.24, 2.45) is 0 Å². The number of hydrogen-bond donors (Lipinski definition) is 3. The normalized spacial score (nSPS) is 11.1. The van der Waals surface area contributed by atoms with Crippen LogP contribution in [0, 0.1) is 0 Å². The molecule has 2 aromatic carbocycles. The lowest BCUT2D eigenvalue weighted by molar-refractivity contribution is 0.0950. The summed E-state index contributed by atoms with van der Waals surface area (Å²) in [5.41, 5.74) is 6.97. The fraction of sp³-hybridized carbons (Fsp3) is 0.185. The maximum atomic E-state index is 12.7. The molecule has 5 aromatic rings. The number of carbonyl (C=O) groups is 1. The first-order valence-corrected chi connectivity index (χ1v) is 13.9.